The highest BCUT2D eigenvalue weighted by Crippen LogP contribution is 2.34. The van der Waals surface area contributed by atoms with Gasteiger partial charge in [0.1, 0.15) is 12.4 Å². The lowest BCUT2D eigenvalue weighted by Crippen LogP contribution is -2.62. The molecular weight excluding hydrogens is 414 g/mol. The van der Waals surface area contributed by atoms with Gasteiger partial charge in [0.25, 0.3) is 5.91 Å². The van der Waals surface area contributed by atoms with Gasteiger partial charge in [-0.25, -0.2) is 13.9 Å². The van der Waals surface area contributed by atoms with E-state index in [-0.39, 0.29) is 39.1 Å². The lowest BCUT2D eigenvalue weighted by Gasteiger charge is -2.42. The van der Waals surface area contributed by atoms with E-state index in [0.717, 1.165) is 11.4 Å². The number of hydrogen-bond donors (Lipinski definition) is 2. The molecule has 1 aromatic carbocycles. The number of piperazine rings is 1. The van der Waals surface area contributed by atoms with Crippen molar-refractivity contribution in [3.8, 4) is 5.75 Å². The second-order valence-corrected chi connectivity index (χ2v) is 9.52. The summed E-state index contributed by atoms with van der Waals surface area (Å²) in [7, 11) is -2.34. The third-order valence-corrected chi connectivity index (χ3v) is 8.27. The van der Waals surface area contributed by atoms with E-state index >= 15 is 0 Å². The molecule has 2 fully saturated rings. The van der Waals surface area contributed by atoms with Crippen LogP contribution in [0.2, 0.25) is 0 Å². The van der Waals surface area contributed by atoms with Crippen molar-refractivity contribution in [3.05, 3.63) is 24.3 Å². The van der Waals surface area contributed by atoms with Gasteiger partial charge in [-0.15, -0.1) is 0 Å². The molecule has 0 radical (unpaired) electrons. The lowest BCUT2D eigenvalue weighted by atomic mass is 9.98. The van der Waals surface area contributed by atoms with Crippen LogP contribution in [-0.2, 0) is 24.3 Å². The number of carbonyl (C=O) groups is 1. The molecule has 1 amide bonds. The molecule has 1 aromatic rings. The van der Waals surface area contributed by atoms with Crippen LogP contribution in [0.1, 0.15) is 12.8 Å². The van der Waals surface area contributed by atoms with Crippen LogP contribution >= 0.6 is 0 Å². The van der Waals surface area contributed by atoms with Crippen molar-refractivity contribution in [3.63, 3.8) is 0 Å². The normalized spacial score (nSPS) is 20.0. The Balaban J connectivity index is 1.64. The Morgan fingerprint density at radius 2 is 1.77 bits per heavy atom. The predicted octanol–water partition coefficient (Wildman–Crippen LogP) is 0.218. The van der Waals surface area contributed by atoms with Crippen molar-refractivity contribution in [2.75, 3.05) is 64.6 Å². The minimum Gasteiger partial charge on any atom is -0.491 e. The zero-order valence-corrected chi connectivity index (χ0v) is 17.9. The fourth-order valence-corrected chi connectivity index (χ4v) is 5.94. The fraction of sp³-hybridized carbons (Fsp3) is 0.632. The van der Waals surface area contributed by atoms with Crippen LogP contribution in [0.4, 0.5) is 5.69 Å². The number of sulfonamides is 1. The maximum absolute atomic E-state index is 13.3. The van der Waals surface area contributed by atoms with Gasteiger partial charge in [-0.1, -0.05) is 0 Å². The van der Waals surface area contributed by atoms with E-state index in [4.69, 9.17) is 19.4 Å². The van der Waals surface area contributed by atoms with Gasteiger partial charge in [0.2, 0.25) is 10.0 Å². The number of methoxy groups -OCH3 is 1. The summed E-state index contributed by atoms with van der Waals surface area (Å²) in [6.07, 6.45) is 0.0406. The van der Waals surface area contributed by atoms with Crippen molar-refractivity contribution >= 4 is 21.6 Å². The molecule has 168 valence electrons. The van der Waals surface area contributed by atoms with Crippen molar-refractivity contribution in [1.29, 1.82) is 0 Å². The van der Waals surface area contributed by atoms with Crippen molar-refractivity contribution in [2.45, 2.75) is 17.6 Å². The number of anilines is 1. The van der Waals surface area contributed by atoms with E-state index in [0.29, 0.717) is 26.3 Å². The smallest absolute Gasteiger partial charge is 0.266 e. The summed E-state index contributed by atoms with van der Waals surface area (Å²) in [5.74, 6) is -0.147. The molecule has 0 aliphatic carbocycles. The minimum atomic E-state index is -3.96. The van der Waals surface area contributed by atoms with Crippen molar-refractivity contribution < 1.29 is 32.6 Å². The number of nitrogens with one attached hydrogen (secondary N) is 1. The number of ether oxygens (including phenoxy) is 3. The average molecular weight is 444 g/mol. The molecule has 2 aliphatic rings. The Labute approximate surface area is 176 Å². The molecule has 0 spiro atoms. The van der Waals surface area contributed by atoms with Crippen LogP contribution < -0.4 is 15.1 Å². The highest BCUT2D eigenvalue weighted by atomic mass is 32.2. The molecule has 3 rings (SSSR count). The second kappa shape index (κ2) is 9.92. The Hall–Kier alpha value is -1.92. The molecule has 2 N–H and O–H groups in total. The molecule has 0 aromatic heterocycles. The first-order valence-corrected chi connectivity index (χ1v) is 11.4. The Morgan fingerprint density at radius 3 is 2.33 bits per heavy atom. The monoisotopic (exact) mass is 443 g/mol. The highest BCUT2D eigenvalue weighted by molar-refractivity contribution is 7.91. The number of carbonyl (C=O) groups excluding carboxylic acids is 1. The largest absolute Gasteiger partial charge is 0.491 e. The maximum Gasteiger partial charge on any atom is 0.266 e. The third kappa shape index (κ3) is 4.54. The summed E-state index contributed by atoms with van der Waals surface area (Å²) in [6.45, 7) is 2.82. The van der Waals surface area contributed by atoms with Gasteiger partial charge in [-0.3, -0.25) is 10.0 Å². The van der Waals surface area contributed by atoms with Gasteiger partial charge in [0.05, 0.1) is 6.61 Å². The Kier molecular flexibility index (Phi) is 7.53. The zero-order chi connectivity index (χ0) is 21.6. The first kappa shape index (κ1) is 22.8. The summed E-state index contributed by atoms with van der Waals surface area (Å²) >= 11 is 0. The molecular formula is C19H29N3O7S. The van der Waals surface area contributed by atoms with E-state index in [1.165, 1.54) is 4.31 Å². The standard InChI is InChI=1S/C19H29N3O7S/c1-27-14-15-29-17-4-2-16(3-5-17)21-8-10-22(11-9-21)30(25,26)19(18(23)20-24)6-12-28-13-7-19/h2-5,24H,6-15H2,1H3,(H,20,23). The van der Waals surface area contributed by atoms with Gasteiger partial charge in [0, 0.05) is 65.0 Å². The summed E-state index contributed by atoms with van der Waals surface area (Å²) in [5, 5.41) is 9.15. The zero-order valence-electron chi connectivity index (χ0n) is 17.1. The molecule has 10 nitrogen and oxygen atoms in total. The molecule has 0 atom stereocenters. The Morgan fingerprint density at radius 1 is 1.13 bits per heavy atom. The predicted molar refractivity (Wildman–Crippen MR) is 109 cm³/mol. The number of amides is 1. The molecule has 0 saturated carbocycles. The van der Waals surface area contributed by atoms with Crippen LogP contribution in [0.25, 0.3) is 0 Å². The van der Waals surface area contributed by atoms with Gasteiger partial charge in [-0.05, 0) is 24.3 Å². The minimum absolute atomic E-state index is 0.0203. The quantitative estimate of drug-likeness (QED) is 0.333. The number of nitrogens with zero attached hydrogens (tertiary/aromatic N) is 2. The lowest BCUT2D eigenvalue weighted by molar-refractivity contribution is -0.134. The van der Waals surface area contributed by atoms with Crippen molar-refractivity contribution in [2.24, 2.45) is 0 Å². The molecule has 2 aliphatic heterocycles. The molecule has 2 saturated heterocycles. The number of benzene rings is 1. The molecule has 2 heterocycles. The fourth-order valence-electron chi connectivity index (χ4n) is 3.83. The highest BCUT2D eigenvalue weighted by Gasteiger charge is 2.54. The van der Waals surface area contributed by atoms with E-state index in [2.05, 4.69) is 4.90 Å². The van der Waals surface area contributed by atoms with Crippen LogP contribution in [-0.4, -0.2) is 88.3 Å². The van der Waals surface area contributed by atoms with E-state index in [1.807, 2.05) is 24.3 Å². The summed E-state index contributed by atoms with van der Waals surface area (Å²) in [4.78, 5) is 14.4. The SMILES string of the molecule is COCCOc1ccc(N2CCN(S(=O)(=O)C3(C(=O)NO)CCOCC3)CC2)cc1. The number of hydrogen-bond acceptors (Lipinski definition) is 8. The van der Waals surface area contributed by atoms with Crippen LogP contribution in [0.15, 0.2) is 24.3 Å². The summed E-state index contributed by atoms with van der Waals surface area (Å²) in [6, 6.07) is 7.62. The summed E-state index contributed by atoms with van der Waals surface area (Å²) < 4.78 is 42.1. The van der Waals surface area contributed by atoms with E-state index in [9.17, 15) is 13.2 Å². The molecule has 30 heavy (non-hydrogen) atoms. The van der Waals surface area contributed by atoms with E-state index in [1.54, 1.807) is 12.6 Å². The van der Waals surface area contributed by atoms with Crippen LogP contribution in [0.3, 0.4) is 0 Å². The number of hydroxylamine groups is 1. The average Bonchev–Trinajstić information content (AvgIpc) is 2.79. The molecule has 11 heteroatoms. The van der Waals surface area contributed by atoms with Gasteiger partial charge in [-0.2, -0.15) is 4.31 Å². The van der Waals surface area contributed by atoms with Gasteiger partial charge in [0.15, 0.2) is 4.75 Å². The van der Waals surface area contributed by atoms with Crippen LogP contribution in [0, 0.1) is 0 Å². The van der Waals surface area contributed by atoms with E-state index < -0.39 is 20.7 Å². The third-order valence-electron chi connectivity index (χ3n) is 5.65. The first-order valence-electron chi connectivity index (χ1n) is 9.93. The topological polar surface area (TPSA) is 118 Å². The van der Waals surface area contributed by atoms with Crippen LogP contribution in [0.5, 0.6) is 5.75 Å². The van der Waals surface area contributed by atoms with Crippen molar-refractivity contribution in [1.82, 2.24) is 9.79 Å². The first-order chi connectivity index (χ1) is 14.4. The molecule has 0 bridgehead atoms. The Bertz CT molecular complexity index is 802. The maximum atomic E-state index is 13.3. The summed E-state index contributed by atoms with van der Waals surface area (Å²) in [5.41, 5.74) is 2.52. The van der Waals surface area contributed by atoms with Gasteiger partial charge >= 0.3 is 0 Å². The molecule has 0 unspecified atom stereocenters. The van der Waals surface area contributed by atoms with Gasteiger partial charge < -0.3 is 19.1 Å². The second-order valence-electron chi connectivity index (χ2n) is 7.27. The number of rotatable bonds is 8.